The molecule has 1 aliphatic heterocycles. The predicted molar refractivity (Wildman–Crippen MR) is 104 cm³/mol. The summed E-state index contributed by atoms with van der Waals surface area (Å²) < 4.78 is 5.35. The summed E-state index contributed by atoms with van der Waals surface area (Å²) in [7, 11) is 0. The molecule has 0 atom stereocenters. The van der Waals surface area contributed by atoms with Gasteiger partial charge in [0.1, 0.15) is 0 Å². The van der Waals surface area contributed by atoms with E-state index in [0.29, 0.717) is 36.1 Å². The molecule has 0 spiro atoms. The molecule has 2 aromatic carbocycles. The molecule has 0 bridgehead atoms. The van der Waals surface area contributed by atoms with Crippen LogP contribution in [-0.2, 0) is 4.74 Å². The van der Waals surface area contributed by atoms with Gasteiger partial charge in [-0.2, -0.15) is 0 Å². The van der Waals surface area contributed by atoms with E-state index in [1.54, 1.807) is 42.1 Å². The molecule has 1 aliphatic rings. The monoisotopic (exact) mass is 383 g/mol. The van der Waals surface area contributed by atoms with Crippen molar-refractivity contribution in [2.45, 2.75) is 24.7 Å². The van der Waals surface area contributed by atoms with Crippen LogP contribution in [0.15, 0.2) is 53.4 Å². The van der Waals surface area contributed by atoms with Crippen LogP contribution in [0.5, 0.6) is 0 Å². The van der Waals surface area contributed by atoms with Gasteiger partial charge in [0.05, 0.1) is 23.3 Å². The van der Waals surface area contributed by atoms with Gasteiger partial charge in [-0.05, 0) is 42.9 Å². The maximum absolute atomic E-state index is 12.3. The Morgan fingerprint density at radius 1 is 0.963 bits per heavy atom. The zero-order chi connectivity index (χ0) is 19.2. The molecule has 6 heteroatoms. The van der Waals surface area contributed by atoms with Crippen LogP contribution in [0.25, 0.3) is 0 Å². The Bertz CT molecular complexity index is 830. The van der Waals surface area contributed by atoms with Crippen LogP contribution in [0.2, 0.25) is 0 Å². The molecule has 27 heavy (non-hydrogen) atoms. The third-order valence-corrected chi connectivity index (χ3v) is 5.25. The van der Waals surface area contributed by atoms with Crippen molar-refractivity contribution >= 4 is 29.5 Å². The highest BCUT2D eigenvalue weighted by Crippen LogP contribution is 2.24. The Kier molecular flexibility index (Phi) is 6.29. The number of thioether (sulfide) groups is 1. The molecule has 0 aliphatic carbocycles. The zero-order valence-electron chi connectivity index (χ0n) is 15.1. The molecule has 3 rings (SSSR count). The van der Waals surface area contributed by atoms with Crippen molar-refractivity contribution < 1.29 is 19.1 Å². The van der Waals surface area contributed by atoms with Gasteiger partial charge >= 0.3 is 5.97 Å². The average Bonchev–Trinajstić information content (AvgIpc) is 2.93. The molecule has 0 unspecified atom stereocenters. The second-order valence-electron chi connectivity index (χ2n) is 6.08. The highest BCUT2D eigenvalue weighted by atomic mass is 32.2. The van der Waals surface area contributed by atoms with Crippen molar-refractivity contribution in [1.82, 2.24) is 4.90 Å². The number of esters is 1. The molecule has 0 saturated heterocycles. The maximum Gasteiger partial charge on any atom is 0.339 e. The van der Waals surface area contributed by atoms with Gasteiger partial charge in [-0.3, -0.25) is 14.5 Å². The largest absolute Gasteiger partial charge is 0.462 e. The lowest BCUT2D eigenvalue weighted by Gasteiger charge is -2.13. The van der Waals surface area contributed by atoms with E-state index in [4.69, 9.17) is 4.74 Å². The number of hydrogen-bond acceptors (Lipinski definition) is 5. The van der Waals surface area contributed by atoms with E-state index in [1.165, 1.54) is 4.90 Å². The summed E-state index contributed by atoms with van der Waals surface area (Å²) in [5.74, 6) is 0.0356. The number of unbranched alkanes of at least 4 members (excludes halogenated alkanes) is 1. The standard InChI is InChI=1S/C21H21NO4S/c1-2-27-18-12-6-5-11-17(18)21(25)26-14-8-7-13-22-19(23)15-9-3-4-10-16(15)20(22)24/h3-6,9-12H,2,7-8,13-14H2,1H3. The minimum Gasteiger partial charge on any atom is -0.462 e. The number of amides is 2. The fourth-order valence-electron chi connectivity index (χ4n) is 2.97. The topological polar surface area (TPSA) is 63.7 Å². The van der Waals surface area contributed by atoms with Gasteiger partial charge in [0.15, 0.2) is 0 Å². The summed E-state index contributed by atoms with van der Waals surface area (Å²) in [5, 5.41) is 0. The highest BCUT2D eigenvalue weighted by Gasteiger charge is 2.34. The number of carbonyl (C=O) groups is 3. The molecular weight excluding hydrogens is 362 g/mol. The quantitative estimate of drug-likeness (QED) is 0.298. The molecule has 0 N–H and O–H groups in total. The van der Waals surface area contributed by atoms with E-state index < -0.39 is 0 Å². The van der Waals surface area contributed by atoms with Gasteiger partial charge in [0.25, 0.3) is 11.8 Å². The first-order chi connectivity index (χ1) is 13.1. The van der Waals surface area contributed by atoms with Gasteiger partial charge in [-0.15, -0.1) is 11.8 Å². The van der Waals surface area contributed by atoms with Crippen LogP contribution in [0.1, 0.15) is 50.8 Å². The summed E-state index contributed by atoms with van der Waals surface area (Å²) in [6.45, 7) is 2.62. The molecule has 0 fully saturated rings. The number of rotatable bonds is 8. The molecular formula is C21H21NO4S. The van der Waals surface area contributed by atoms with Gasteiger partial charge in [-0.1, -0.05) is 31.2 Å². The molecule has 5 nitrogen and oxygen atoms in total. The van der Waals surface area contributed by atoms with E-state index in [-0.39, 0.29) is 24.4 Å². The van der Waals surface area contributed by atoms with Crippen LogP contribution >= 0.6 is 11.8 Å². The van der Waals surface area contributed by atoms with E-state index in [0.717, 1.165) is 10.6 Å². The smallest absolute Gasteiger partial charge is 0.339 e. The normalized spacial score (nSPS) is 13.0. The van der Waals surface area contributed by atoms with Crippen LogP contribution < -0.4 is 0 Å². The van der Waals surface area contributed by atoms with Crippen LogP contribution in [0.3, 0.4) is 0 Å². The van der Waals surface area contributed by atoms with Gasteiger partial charge in [0, 0.05) is 11.4 Å². The van der Waals surface area contributed by atoms with E-state index in [2.05, 4.69) is 0 Å². The SMILES string of the molecule is CCSc1ccccc1C(=O)OCCCCN1C(=O)c2ccccc2C1=O. The number of fused-ring (bicyclic) bond motifs is 1. The number of hydrogen-bond donors (Lipinski definition) is 0. The van der Waals surface area contributed by atoms with Crippen molar-refractivity contribution in [3.8, 4) is 0 Å². The molecule has 2 aromatic rings. The second kappa shape index (κ2) is 8.86. The Morgan fingerprint density at radius 2 is 1.59 bits per heavy atom. The van der Waals surface area contributed by atoms with Gasteiger partial charge in [0.2, 0.25) is 0 Å². The summed E-state index contributed by atoms with van der Waals surface area (Å²) in [6, 6.07) is 14.2. The first kappa shape index (κ1) is 19.2. The molecule has 1 heterocycles. The molecule has 0 aromatic heterocycles. The molecule has 2 amide bonds. The fourth-order valence-corrected chi connectivity index (χ4v) is 3.77. The predicted octanol–water partition coefficient (Wildman–Crippen LogP) is 4.03. The van der Waals surface area contributed by atoms with Crippen LogP contribution in [0.4, 0.5) is 0 Å². The number of imide groups is 1. The highest BCUT2D eigenvalue weighted by molar-refractivity contribution is 7.99. The van der Waals surface area contributed by atoms with Crippen molar-refractivity contribution in [2.24, 2.45) is 0 Å². The minimum absolute atomic E-state index is 0.252. The third-order valence-electron chi connectivity index (χ3n) is 4.29. The number of carbonyl (C=O) groups excluding carboxylic acids is 3. The fraction of sp³-hybridized carbons (Fsp3) is 0.286. The number of nitrogens with zero attached hydrogens (tertiary/aromatic N) is 1. The molecule has 0 saturated carbocycles. The van der Waals surface area contributed by atoms with Crippen molar-refractivity contribution in [1.29, 1.82) is 0 Å². The van der Waals surface area contributed by atoms with Crippen molar-refractivity contribution in [2.75, 3.05) is 18.9 Å². The van der Waals surface area contributed by atoms with Crippen molar-refractivity contribution in [3.05, 3.63) is 65.2 Å². The Labute approximate surface area is 162 Å². The summed E-state index contributed by atoms with van der Waals surface area (Å²) in [4.78, 5) is 39.0. The van der Waals surface area contributed by atoms with Crippen LogP contribution in [-0.4, -0.2) is 41.6 Å². The van der Waals surface area contributed by atoms with E-state index in [1.807, 2.05) is 25.1 Å². The molecule has 140 valence electrons. The lowest BCUT2D eigenvalue weighted by molar-refractivity contribution is 0.0482. The van der Waals surface area contributed by atoms with Gasteiger partial charge < -0.3 is 4.74 Å². The Morgan fingerprint density at radius 3 is 2.26 bits per heavy atom. The average molecular weight is 383 g/mol. The second-order valence-corrected chi connectivity index (χ2v) is 7.39. The van der Waals surface area contributed by atoms with E-state index in [9.17, 15) is 14.4 Å². The summed E-state index contributed by atoms with van der Waals surface area (Å²) in [5.41, 5.74) is 1.49. The number of ether oxygens (including phenoxy) is 1. The number of benzene rings is 2. The minimum atomic E-state index is -0.340. The summed E-state index contributed by atoms with van der Waals surface area (Å²) in [6.07, 6.45) is 1.17. The van der Waals surface area contributed by atoms with E-state index >= 15 is 0 Å². The Hall–Kier alpha value is -2.60. The summed E-state index contributed by atoms with van der Waals surface area (Å²) >= 11 is 1.60. The third kappa shape index (κ3) is 4.22. The first-order valence-electron chi connectivity index (χ1n) is 8.97. The van der Waals surface area contributed by atoms with Gasteiger partial charge in [-0.25, -0.2) is 4.79 Å². The first-order valence-corrected chi connectivity index (χ1v) is 9.96. The lowest BCUT2D eigenvalue weighted by Crippen LogP contribution is -2.30. The molecule has 0 radical (unpaired) electrons. The lowest BCUT2D eigenvalue weighted by atomic mass is 10.1. The zero-order valence-corrected chi connectivity index (χ0v) is 16.0. The Balaban J connectivity index is 1.46. The van der Waals surface area contributed by atoms with Crippen LogP contribution in [0, 0.1) is 0 Å². The van der Waals surface area contributed by atoms with Crippen molar-refractivity contribution in [3.63, 3.8) is 0 Å². The maximum atomic E-state index is 12.3.